The van der Waals surface area contributed by atoms with E-state index in [1.54, 1.807) is 12.4 Å². The Morgan fingerprint density at radius 1 is 1.18 bits per heavy atom. The van der Waals surface area contributed by atoms with E-state index in [1.165, 1.54) is 12.8 Å². The molecule has 4 heterocycles. The Labute approximate surface area is 193 Å². The van der Waals surface area contributed by atoms with Gasteiger partial charge in [0.25, 0.3) is 0 Å². The second-order valence-electron chi connectivity index (χ2n) is 8.74. The summed E-state index contributed by atoms with van der Waals surface area (Å²) in [6.45, 7) is 4.25. The molecule has 0 saturated heterocycles. The third kappa shape index (κ3) is 3.99. The molecule has 1 aliphatic carbocycles. The maximum Gasteiger partial charge on any atom is 0.209 e. The minimum absolute atomic E-state index is 0.0911. The Hall–Kier alpha value is -2.92. The van der Waals surface area contributed by atoms with Crippen LogP contribution in [0, 0.1) is 6.92 Å². The van der Waals surface area contributed by atoms with Crippen molar-refractivity contribution < 1.29 is 8.42 Å². The lowest BCUT2D eigenvalue weighted by atomic mass is 10.0. The summed E-state index contributed by atoms with van der Waals surface area (Å²) in [5.74, 6) is 3.18. The Kier molecular flexibility index (Phi) is 5.61. The van der Waals surface area contributed by atoms with Crippen molar-refractivity contribution >= 4 is 15.8 Å². The first-order valence-electron chi connectivity index (χ1n) is 11.3. The average Bonchev–Trinajstić information content (AvgIpc) is 3.46. The van der Waals surface area contributed by atoms with E-state index in [0.717, 1.165) is 59.8 Å². The van der Waals surface area contributed by atoms with Crippen molar-refractivity contribution in [1.29, 1.82) is 0 Å². The summed E-state index contributed by atoms with van der Waals surface area (Å²) in [7, 11) is -3.34. The second kappa shape index (κ2) is 8.45. The number of hydrogen-bond donors (Lipinski definition) is 1. The number of fused-ring (bicyclic) bond motifs is 3. The van der Waals surface area contributed by atoms with E-state index in [9.17, 15) is 8.42 Å². The Morgan fingerprint density at radius 3 is 2.70 bits per heavy atom. The van der Waals surface area contributed by atoms with E-state index >= 15 is 0 Å². The van der Waals surface area contributed by atoms with E-state index in [0.29, 0.717) is 11.9 Å². The molecule has 174 valence electrons. The van der Waals surface area contributed by atoms with Gasteiger partial charge in [-0.05, 0) is 37.8 Å². The van der Waals surface area contributed by atoms with Crippen LogP contribution in [0.15, 0.2) is 24.7 Å². The normalized spacial score (nSPS) is 18.4. The first kappa shape index (κ1) is 21.9. The molecule has 0 unspecified atom stereocenters. The van der Waals surface area contributed by atoms with E-state index in [-0.39, 0.29) is 12.6 Å². The third-order valence-corrected chi connectivity index (χ3v) is 7.16. The standard InChI is InChI=1S/C22H28N8O2S/c1-4-18-22-28-27-14(2)29(22)19-13-24-20(26-21(19)30(18)16-7-5-6-8-16)17-9-10-23-11-15(17)12-25-33(3,31)32/h9-11,13,16,18,25H,4-8,12H2,1-3H3/t18-/m1/s1. The monoisotopic (exact) mass is 468 g/mol. The molecule has 10 nitrogen and oxygen atoms in total. The molecule has 1 saturated carbocycles. The zero-order chi connectivity index (χ0) is 23.2. The molecule has 1 aliphatic heterocycles. The molecule has 2 aliphatic rings. The number of nitrogens with zero attached hydrogens (tertiary/aromatic N) is 7. The van der Waals surface area contributed by atoms with Gasteiger partial charge >= 0.3 is 0 Å². The molecule has 1 atom stereocenters. The molecular weight excluding hydrogens is 440 g/mol. The Bertz CT molecular complexity index is 1280. The summed E-state index contributed by atoms with van der Waals surface area (Å²) < 4.78 is 27.9. The van der Waals surface area contributed by atoms with Crippen LogP contribution in [0.1, 0.15) is 62.3 Å². The molecule has 5 rings (SSSR count). The molecule has 0 spiro atoms. The fraction of sp³-hybridized carbons (Fsp3) is 0.500. The zero-order valence-electron chi connectivity index (χ0n) is 19.1. The third-order valence-electron chi connectivity index (χ3n) is 6.49. The number of hydrogen-bond acceptors (Lipinski definition) is 8. The van der Waals surface area contributed by atoms with Crippen LogP contribution in [-0.4, -0.2) is 50.4 Å². The highest BCUT2D eigenvalue weighted by molar-refractivity contribution is 7.88. The highest BCUT2D eigenvalue weighted by Gasteiger charge is 2.39. The van der Waals surface area contributed by atoms with Crippen LogP contribution in [-0.2, 0) is 16.6 Å². The topological polar surface area (TPSA) is 119 Å². The number of aryl methyl sites for hydroxylation is 1. The summed E-state index contributed by atoms with van der Waals surface area (Å²) in [6.07, 6.45) is 11.9. The first-order valence-corrected chi connectivity index (χ1v) is 13.2. The molecule has 1 N–H and O–H groups in total. The molecular formula is C22H28N8O2S. The Balaban J connectivity index is 1.64. The summed E-state index contributed by atoms with van der Waals surface area (Å²) in [6, 6.07) is 2.32. The lowest BCUT2D eigenvalue weighted by Crippen LogP contribution is -2.42. The maximum atomic E-state index is 11.6. The minimum Gasteiger partial charge on any atom is -0.342 e. The number of rotatable bonds is 6. The highest BCUT2D eigenvalue weighted by atomic mass is 32.2. The van der Waals surface area contributed by atoms with Gasteiger partial charge in [-0.25, -0.2) is 23.1 Å². The van der Waals surface area contributed by atoms with Gasteiger partial charge in [0, 0.05) is 30.5 Å². The van der Waals surface area contributed by atoms with Gasteiger partial charge in [-0.15, -0.1) is 10.2 Å². The lowest BCUT2D eigenvalue weighted by Gasteiger charge is -2.41. The van der Waals surface area contributed by atoms with Crippen molar-refractivity contribution in [3.8, 4) is 17.1 Å². The van der Waals surface area contributed by atoms with Crippen molar-refractivity contribution in [1.82, 2.24) is 34.4 Å². The molecule has 0 bridgehead atoms. The summed E-state index contributed by atoms with van der Waals surface area (Å²) >= 11 is 0. The highest BCUT2D eigenvalue weighted by Crippen LogP contribution is 2.43. The SMILES string of the molecule is CC[C@@H]1c2nnc(C)n2-c2cnc(-c3ccncc3CNS(C)(=O)=O)nc2N1C1CCCC1. The van der Waals surface area contributed by atoms with Crippen LogP contribution in [0.5, 0.6) is 0 Å². The van der Waals surface area contributed by atoms with E-state index < -0.39 is 10.0 Å². The molecule has 0 amide bonds. The van der Waals surface area contributed by atoms with Crippen LogP contribution >= 0.6 is 0 Å². The van der Waals surface area contributed by atoms with Gasteiger partial charge in [-0.2, -0.15) is 0 Å². The van der Waals surface area contributed by atoms with Gasteiger partial charge in [0.2, 0.25) is 10.0 Å². The molecule has 1 fully saturated rings. The zero-order valence-corrected chi connectivity index (χ0v) is 19.9. The molecule has 3 aromatic rings. The maximum absolute atomic E-state index is 11.6. The lowest BCUT2D eigenvalue weighted by molar-refractivity contribution is 0.468. The van der Waals surface area contributed by atoms with Crippen molar-refractivity contribution in [2.24, 2.45) is 0 Å². The van der Waals surface area contributed by atoms with Crippen LogP contribution in [0.25, 0.3) is 17.1 Å². The molecule has 33 heavy (non-hydrogen) atoms. The number of pyridine rings is 1. The van der Waals surface area contributed by atoms with E-state index in [4.69, 9.17) is 4.98 Å². The minimum atomic E-state index is -3.34. The van der Waals surface area contributed by atoms with Gasteiger partial charge in [-0.1, -0.05) is 19.8 Å². The van der Waals surface area contributed by atoms with E-state index in [2.05, 4.69) is 41.3 Å². The van der Waals surface area contributed by atoms with E-state index in [1.807, 2.05) is 19.2 Å². The van der Waals surface area contributed by atoms with Crippen molar-refractivity contribution in [2.45, 2.75) is 64.6 Å². The molecule has 3 aromatic heterocycles. The number of aromatic nitrogens is 6. The van der Waals surface area contributed by atoms with Gasteiger partial charge in [-0.3, -0.25) is 9.55 Å². The van der Waals surface area contributed by atoms with Gasteiger partial charge in [0.1, 0.15) is 11.5 Å². The van der Waals surface area contributed by atoms with Crippen LogP contribution in [0.2, 0.25) is 0 Å². The number of nitrogens with one attached hydrogen (secondary N) is 1. The summed E-state index contributed by atoms with van der Waals surface area (Å²) in [5, 5.41) is 8.87. The fourth-order valence-electron chi connectivity index (χ4n) is 4.99. The fourth-order valence-corrected chi connectivity index (χ4v) is 5.41. The van der Waals surface area contributed by atoms with Crippen molar-refractivity contribution in [3.63, 3.8) is 0 Å². The first-order chi connectivity index (χ1) is 15.9. The largest absolute Gasteiger partial charge is 0.342 e. The van der Waals surface area contributed by atoms with Gasteiger partial charge < -0.3 is 4.90 Å². The van der Waals surface area contributed by atoms with Crippen molar-refractivity contribution in [2.75, 3.05) is 11.2 Å². The van der Waals surface area contributed by atoms with Crippen LogP contribution in [0.4, 0.5) is 5.82 Å². The second-order valence-corrected chi connectivity index (χ2v) is 10.6. The van der Waals surface area contributed by atoms with Crippen LogP contribution < -0.4 is 9.62 Å². The van der Waals surface area contributed by atoms with Gasteiger partial charge in [0.15, 0.2) is 17.5 Å². The molecule has 11 heteroatoms. The number of anilines is 1. The predicted molar refractivity (Wildman–Crippen MR) is 124 cm³/mol. The summed E-state index contributed by atoms with van der Waals surface area (Å²) in [5.41, 5.74) is 2.37. The Morgan fingerprint density at radius 2 is 1.97 bits per heavy atom. The summed E-state index contributed by atoms with van der Waals surface area (Å²) in [4.78, 5) is 16.3. The average molecular weight is 469 g/mol. The quantitative estimate of drug-likeness (QED) is 0.586. The van der Waals surface area contributed by atoms with Crippen LogP contribution in [0.3, 0.4) is 0 Å². The van der Waals surface area contributed by atoms with Crippen molar-refractivity contribution in [3.05, 3.63) is 41.9 Å². The molecule has 0 aromatic carbocycles. The smallest absolute Gasteiger partial charge is 0.209 e. The predicted octanol–water partition coefficient (Wildman–Crippen LogP) is 2.69. The molecule has 0 radical (unpaired) electrons. The van der Waals surface area contributed by atoms with Gasteiger partial charge in [0.05, 0.1) is 18.5 Å². The number of sulfonamides is 1.